The Labute approximate surface area is 163 Å². The first-order valence-electron chi connectivity index (χ1n) is 9.66. The van der Waals surface area contributed by atoms with Crippen molar-refractivity contribution in [1.29, 1.82) is 0 Å². The zero-order chi connectivity index (χ0) is 19.3. The third-order valence-electron chi connectivity index (χ3n) is 6.37. The quantitative estimate of drug-likeness (QED) is 0.797. The van der Waals surface area contributed by atoms with Gasteiger partial charge in [0.15, 0.2) is 0 Å². The van der Waals surface area contributed by atoms with Gasteiger partial charge in [-0.2, -0.15) is 0 Å². The van der Waals surface area contributed by atoms with Gasteiger partial charge in [-0.15, -0.1) is 0 Å². The molecule has 0 heterocycles. The van der Waals surface area contributed by atoms with E-state index in [1.165, 1.54) is 11.1 Å². The molecule has 2 aromatic carbocycles. The van der Waals surface area contributed by atoms with E-state index in [0.29, 0.717) is 0 Å². The Kier molecular flexibility index (Phi) is 3.97. The van der Waals surface area contributed by atoms with Crippen LogP contribution in [0.3, 0.4) is 0 Å². The lowest BCUT2D eigenvalue weighted by atomic mass is 9.89. The molecule has 28 heavy (non-hydrogen) atoms. The van der Waals surface area contributed by atoms with Crippen molar-refractivity contribution in [3.05, 3.63) is 71.8 Å². The zero-order valence-corrected chi connectivity index (χ0v) is 15.2. The Morgan fingerprint density at radius 1 is 0.964 bits per heavy atom. The number of carbonyl (C=O) groups is 2. The van der Waals surface area contributed by atoms with Crippen molar-refractivity contribution in [2.45, 2.75) is 18.4 Å². The highest BCUT2D eigenvalue weighted by Crippen LogP contribution is 2.45. The molecule has 0 aliphatic heterocycles. The molecule has 2 unspecified atom stereocenters. The standard InChI is InChI=1S/C23H21NO4/c25-22(26)20-13-9-10-14(11-13)21(20)24-23(27)28-12-19-17-7-3-1-5-15(17)16-6-2-4-8-18(16)19/h1-10,13-14,19-21H,11-12H2,(H,24,27)(H,25,26)/t13?,14?,20-,21-/m0/s1. The summed E-state index contributed by atoms with van der Waals surface area (Å²) in [6.07, 6.45) is 4.21. The summed E-state index contributed by atoms with van der Waals surface area (Å²) in [7, 11) is 0. The van der Waals surface area contributed by atoms with E-state index in [1.807, 2.05) is 36.4 Å². The van der Waals surface area contributed by atoms with Crippen molar-refractivity contribution >= 4 is 12.1 Å². The van der Waals surface area contributed by atoms with Gasteiger partial charge in [-0.25, -0.2) is 4.79 Å². The second kappa shape index (κ2) is 6.51. The molecule has 2 bridgehead atoms. The normalized spacial score (nSPS) is 26.7. The number of benzene rings is 2. The summed E-state index contributed by atoms with van der Waals surface area (Å²) in [6, 6.07) is 15.9. The van der Waals surface area contributed by atoms with Crippen molar-refractivity contribution in [3.8, 4) is 11.1 Å². The van der Waals surface area contributed by atoms with Crippen molar-refractivity contribution in [2.24, 2.45) is 17.8 Å². The van der Waals surface area contributed by atoms with Crippen LogP contribution in [-0.2, 0) is 9.53 Å². The Hall–Kier alpha value is -3.08. The lowest BCUT2D eigenvalue weighted by Gasteiger charge is -2.25. The van der Waals surface area contributed by atoms with Crippen LogP contribution in [0.25, 0.3) is 11.1 Å². The number of amides is 1. The number of hydrogen-bond acceptors (Lipinski definition) is 3. The maximum absolute atomic E-state index is 12.5. The third-order valence-corrected chi connectivity index (χ3v) is 6.37. The van der Waals surface area contributed by atoms with Gasteiger partial charge >= 0.3 is 12.1 Å². The predicted molar refractivity (Wildman–Crippen MR) is 104 cm³/mol. The number of alkyl carbamates (subject to hydrolysis) is 1. The van der Waals surface area contributed by atoms with Crippen molar-refractivity contribution in [3.63, 3.8) is 0 Å². The van der Waals surface area contributed by atoms with Crippen molar-refractivity contribution in [2.75, 3.05) is 6.61 Å². The number of carboxylic acids is 1. The van der Waals surface area contributed by atoms with Crippen LogP contribution in [0, 0.1) is 17.8 Å². The van der Waals surface area contributed by atoms with Crippen LogP contribution < -0.4 is 5.32 Å². The molecule has 142 valence electrons. The third kappa shape index (κ3) is 2.61. The fourth-order valence-corrected chi connectivity index (χ4v) is 5.13. The number of ether oxygens (including phenoxy) is 1. The second-order valence-corrected chi connectivity index (χ2v) is 7.81. The number of nitrogens with one attached hydrogen (secondary N) is 1. The number of carboxylic acid groups (broad SMARTS) is 1. The smallest absolute Gasteiger partial charge is 0.407 e. The van der Waals surface area contributed by atoms with Gasteiger partial charge in [0.05, 0.1) is 12.0 Å². The molecule has 0 saturated heterocycles. The van der Waals surface area contributed by atoms with Crippen LogP contribution in [0.5, 0.6) is 0 Å². The monoisotopic (exact) mass is 375 g/mol. The van der Waals surface area contributed by atoms with Crippen molar-refractivity contribution in [1.82, 2.24) is 5.32 Å². The molecule has 2 aromatic rings. The van der Waals surface area contributed by atoms with Gasteiger partial charge in [0.2, 0.25) is 0 Å². The number of hydrogen-bond donors (Lipinski definition) is 2. The number of allylic oxidation sites excluding steroid dienone is 1. The molecule has 0 radical (unpaired) electrons. The Bertz CT molecular complexity index is 937. The summed E-state index contributed by atoms with van der Waals surface area (Å²) in [6.45, 7) is 0.230. The van der Waals surface area contributed by atoms with Gasteiger partial charge in [-0.1, -0.05) is 60.7 Å². The molecule has 3 aliphatic rings. The summed E-state index contributed by atoms with van der Waals surface area (Å²) in [5.74, 6) is -1.36. The molecular weight excluding hydrogens is 354 g/mol. The van der Waals surface area contributed by atoms with Crippen LogP contribution in [-0.4, -0.2) is 29.8 Å². The molecule has 5 nitrogen and oxygen atoms in total. The highest BCUT2D eigenvalue weighted by molar-refractivity contribution is 5.79. The van der Waals surface area contributed by atoms with Crippen LogP contribution in [0.1, 0.15) is 23.5 Å². The highest BCUT2D eigenvalue weighted by Gasteiger charge is 2.49. The number of aliphatic carboxylic acids is 1. The van der Waals surface area contributed by atoms with E-state index in [0.717, 1.165) is 17.5 Å². The first kappa shape index (κ1) is 17.0. The molecule has 5 heteroatoms. The fraction of sp³-hybridized carbons (Fsp3) is 0.304. The molecule has 0 spiro atoms. The molecule has 1 saturated carbocycles. The van der Waals surface area contributed by atoms with E-state index in [2.05, 4.69) is 29.6 Å². The number of fused-ring (bicyclic) bond motifs is 5. The number of carbonyl (C=O) groups excluding carboxylic acids is 1. The van der Waals surface area contributed by atoms with E-state index in [-0.39, 0.29) is 24.4 Å². The van der Waals surface area contributed by atoms with Gasteiger partial charge in [-0.05, 0) is 40.5 Å². The highest BCUT2D eigenvalue weighted by atomic mass is 16.5. The predicted octanol–water partition coefficient (Wildman–Crippen LogP) is 3.80. The van der Waals surface area contributed by atoms with Crippen LogP contribution >= 0.6 is 0 Å². The molecule has 2 N–H and O–H groups in total. The molecule has 5 rings (SSSR count). The summed E-state index contributed by atoms with van der Waals surface area (Å²) in [5, 5.41) is 12.3. The Morgan fingerprint density at radius 3 is 2.21 bits per heavy atom. The summed E-state index contributed by atoms with van der Waals surface area (Å²) >= 11 is 0. The molecule has 4 atom stereocenters. The zero-order valence-electron chi connectivity index (χ0n) is 15.2. The second-order valence-electron chi connectivity index (χ2n) is 7.81. The van der Waals surface area contributed by atoms with Crippen LogP contribution in [0.2, 0.25) is 0 Å². The lowest BCUT2D eigenvalue weighted by Crippen LogP contribution is -2.46. The van der Waals surface area contributed by atoms with Crippen LogP contribution in [0.4, 0.5) is 4.79 Å². The summed E-state index contributed by atoms with van der Waals surface area (Å²) < 4.78 is 5.57. The van der Waals surface area contributed by atoms with Crippen molar-refractivity contribution < 1.29 is 19.4 Å². The maximum Gasteiger partial charge on any atom is 0.407 e. The minimum atomic E-state index is -0.860. The van der Waals surface area contributed by atoms with Gasteiger partial charge < -0.3 is 15.2 Å². The van der Waals surface area contributed by atoms with E-state index in [4.69, 9.17) is 4.74 Å². The fourth-order valence-electron chi connectivity index (χ4n) is 5.13. The number of rotatable bonds is 4. The molecule has 1 amide bonds. The van der Waals surface area contributed by atoms with Gasteiger partial charge in [0.1, 0.15) is 6.61 Å². The van der Waals surface area contributed by atoms with Crippen LogP contribution in [0.15, 0.2) is 60.7 Å². The topological polar surface area (TPSA) is 75.6 Å². The molecular formula is C23H21NO4. The SMILES string of the molecule is O=C(N[C@H]1C2C=CC(C2)[C@@H]1C(=O)O)OCC1c2ccccc2-c2ccccc21. The average Bonchev–Trinajstić information content (AvgIpc) is 3.38. The Morgan fingerprint density at radius 2 is 1.57 bits per heavy atom. The van der Waals surface area contributed by atoms with E-state index >= 15 is 0 Å². The molecule has 3 aliphatic carbocycles. The Balaban J connectivity index is 1.30. The van der Waals surface area contributed by atoms with Gasteiger partial charge in [0, 0.05) is 5.92 Å². The largest absolute Gasteiger partial charge is 0.481 e. The summed E-state index contributed by atoms with van der Waals surface area (Å²) in [4.78, 5) is 24.1. The molecule has 1 fully saturated rings. The van der Waals surface area contributed by atoms with Gasteiger partial charge in [-0.3, -0.25) is 4.79 Å². The average molecular weight is 375 g/mol. The maximum atomic E-state index is 12.5. The molecule has 0 aromatic heterocycles. The first-order chi connectivity index (χ1) is 13.6. The van der Waals surface area contributed by atoms with E-state index in [9.17, 15) is 14.7 Å². The minimum Gasteiger partial charge on any atom is -0.481 e. The van der Waals surface area contributed by atoms with E-state index < -0.39 is 24.0 Å². The minimum absolute atomic E-state index is 0.00128. The summed E-state index contributed by atoms with van der Waals surface area (Å²) in [5.41, 5.74) is 4.66. The van der Waals surface area contributed by atoms with Gasteiger partial charge in [0.25, 0.3) is 0 Å². The first-order valence-corrected chi connectivity index (χ1v) is 9.66. The lowest BCUT2D eigenvalue weighted by molar-refractivity contribution is -0.143. The van der Waals surface area contributed by atoms with E-state index in [1.54, 1.807) is 0 Å².